The fourth-order valence-electron chi connectivity index (χ4n) is 1.27. The number of fused-ring (bicyclic) bond motifs is 1. The van der Waals surface area contributed by atoms with Crippen LogP contribution < -0.4 is 0 Å². The molecule has 0 fully saturated rings. The predicted molar refractivity (Wildman–Crippen MR) is 46.9 cm³/mol. The van der Waals surface area contributed by atoms with Crippen molar-refractivity contribution >= 4 is 11.0 Å². The van der Waals surface area contributed by atoms with Crippen molar-refractivity contribution in [3.8, 4) is 0 Å². The Hall–Kier alpha value is -1.28. The van der Waals surface area contributed by atoms with E-state index in [1.54, 1.807) is 13.4 Å². The first-order valence-electron chi connectivity index (χ1n) is 3.85. The lowest BCUT2D eigenvalue weighted by molar-refractivity contribution is 0.185. The van der Waals surface area contributed by atoms with E-state index in [2.05, 4.69) is 6.07 Å². The molecule has 0 aliphatic heterocycles. The van der Waals surface area contributed by atoms with E-state index in [1.807, 2.05) is 18.2 Å². The molecule has 0 saturated heterocycles. The first-order chi connectivity index (χ1) is 5.90. The van der Waals surface area contributed by atoms with Crippen LogP contribution in [0.25, 0.3) is 11.0 Å². The number of benzene rings is 1. The number of rotatable bonds is 2. The first kappa shape index (κ1) is 7.37. The van der Waals surface area contributed by atoms with Gasteiger partial charge in [-0.3, -0.25) is 0 Å². The number of hydrogen-bond donors (Lipinski definition) is 0. The molecular weight excluding hydrogens is 152 g/mol. The molecule has 0 aliphatic carbocycles. The number of hydrogen-bond acceptors (Lipinski definition) is 2. The summed E-state index contributed by atoms with van der Waals surface area (Å²) in [6.07, 6.45) is 1.70. The van der Waals surface area contributed by atoms with E-state index < -0.39 is 0 Å². The maximum atomic E-state index is 5.21. The second kappa shape index (κ2) is 2.99. The molecule has 62 valence electrons. The normalized spacial score (nSPS) is 10.8. The van der Waals surface area contributed by atoms with Crippen LogP contribution in [0.1, 0.15) is 5.56 Å². The molecule has 2 heteroatoms. The molecule has 0 unspecified atom stereocenters. The van der Waals surface area contributed by atoms with Crippen LogP contribution in [0, 0.1) is 0 Å². The molecule has 1 aromatic carbocycles. The molecule has 12 heavy (non-hydrogen) atoms. The molecule has 1 heterocycles. The first-order valence-corrected chi connectivity index (χ1v) is 3.85. The molecule has 0 spiro atoms. The number of furan rings is 1. The molecule has 1 aromatic heterocycles. The second-order valence-electron chi connectivity index (χ2n) is 2.73. The highest BCUT2D eigenvalue weighted by molar-refractivity contribution is 5.77. The van der Waals surface area contributed by atoms with E-state index in [9.17, 15) is 0 Å². The summed E-state index contributed by atoms with van der Waals surface area (Å²) in [5.74, 6) is 0. The van der Waals surface area contributed by atoms with Gasteiger partial charge < -0.3 is 9.15 Å². The fourth-order valence-corrected chi connectivity index (χ4v) is 1.27. The highest BCUT2D eigenvalue weighted by atomic mass is 16.5. The lowest BCUT2D eigenvalue weighted by Gasteiger charge is -1.97. The third kappa shape index (κ3) is 1.21. The summed E-state index contributed by atoms with van der Waals surface area (Å²) in [5, 5.41) is 1.13. The summed E-state index contributed by atoms with van der Waals surface area (Å²) in [6, 6.07) is 8.00. The van der Waals surface area contributed by atoms with Crippen molar-refractivity contribution in [2.45, 2.75) is 6.61 Å². The van der Waals surface area contributed by atoms with Gasteiger partial charge in [0.25, 0.3) is 0 Å². The third-order valence-corrected chi connectivity index (χ3v) is 1.83. The minimum absolute atomic E-state index is 0.654. The zero-order chi connectivity index (χ0) is 8.39. The second-order valence-corrected chi connectivity index (χ2v) is 2.73. The Balaban J connectivity index is 2.46. The molecule has 0 bridgehead atoms. The van der Waals surface area contributed by atoms with Gasteiger partial charge in [-0.05, 0) is 23.8 Å². The maximum absolute atomic E-state index is 5.21. The maximum Gasteiger partial charge on any atom is 0.133 e. The zero-order valence-corrected chi connectivity index (χ0v) is 6.91. The van der Waals surface area contributed by atoms with Crippen molar-refractivity contribution in [2.75, 3.05) is 7.11 Å². The van der Waals surface area contributed by atoms with Crippen LogP contribution in [0.3, 0.4) is 0 Å². The van der Waals surface area contributed by atoms with E-state index >= 15 is 0 Å². The topological polar surface area (TPSA) is 22.4 Å². The van der Waals surface area contributed by atoms with Crippen LogP contribution in [0.15, 0.2) is 34.9 Å². The summed E-state index contributed by atoms with van der Waals surface area (Å²) >= 11 is 0. The average molecular weight is 162 g/mol. The van der Waals surface area contributed by atoms with E-state index in [4.69, 9.17) is 9.15 Å². The van der Waals surface area contributed by atoms with Crippen LogP contribution in [-0.2, 0) is 11.3 Å². The van der Waals surface area contributed by atoms with Gasteiger partial charge in [0.05, 0.1) is 12.9 Å². The summed E-state index contributed by atoms with van der Waals surface area (Å²) < 4.78 is 10.2. The average Bonchev–Trinajstić information content (AvgIpc) is 2.51. The van der Waals surface area contributed by atoms with Crippen molar-refractivity contribution < 1.29 is 9.15 Å². The van der Waals surface area contributed by atoms with E-state index in [-0.39, 0.29) is 0 Å². The van der Waals surface area contributed by atoms with Crippen molar-refractivity contribution in [3.63, 3.8) is 0 Å². The Morgan fingerprint density at radius 3 is 3.08 bits per heavy atom. The van der Waals surface area contributed by atoms with E-state index in [0.717, 1.165) is 11.0 Å². The van der Waals surface area contributed by atoms with Gasteiger partial charge in [-0.2, -0.15) is 0 Å². The standard InChI is InChI=1S/C10H10O2/c1-11-7-8-2-3-10-9(6-8)4-5-12-10/h2-6H,7H2,1H3. The monoisotopic (exact) mass is 162 g/mol. The van der Waals surface area contributed by atoms with Gasteiger partial charge in [0.15, 0.2) is 0 Å². The summed E-state index contributed by atoms with van der Waals surface area (Å²) in [4.78, 5) is 0. The van der Waals surface area contributed by atoms with Crippen LogP contribution in [0.5, 0.6) is 0 Å². The lowest BCUT2D eigenvalue weighted by atomic mass is 10.2. The SMILES string of the molecule is COCc1ccc2occc2c1. The van der Waals surface area contributed by atoms with Crippen molar-refractivity contribution in [1.82, 2.24) is 0 Å². The van der Waals surface area contributed by atoms with Crippen LogP contribution in [0.4, 0.5) is 0 Å². The predicted octanol–water partition coefficient (Wildman–Crippen LogP) is 2.58. The molecule has 0 N–H and O–H groups in total. The minimum Gasteiger partial charge on any atom is -0.464 e. The fraction of sp³-hybridized carbons (Fsp3) is 0.200. The molecule has 0 atom stereocenters. The summed E-state index contributed by atoms with van der Waals surface area (Å²) in [5.41, 5.74) is 2.10. The Labute approximate surface area is 70.8 Å². The summed E-state index contributed by atoms with van der Waals surface area (Å²) in [6.45, 7) is 0.654. The Morgan fingerprint density at radius 2 is 2.25 bits per heavy atom. The molecule has 0 radical (unpaired) electrons. The molecule has 0 saturated carbocycles. The van der Waals surface area contributed by atoms with Gasteiger partial charge in [-0.25, -0.2) is 0 Å². The molecule has 0 aliphatic rings. The minimum atomic E-state index is 0.654. The zero-order valence-electron chi connectivity index (χ0n) is 6.91. The third-order valence-electron chi connectivity index (χ3n) is 1.83. The van der Waals surface area contributed by atoms with Gasteiger partial charge >= 0.3 is 0 Å². The molecule has 2 rings (SSSR count). The van der Waals surface area contributed by atoms with Gasteiger partial charge in [0, 0.05) is 12.5 Å². The highest BCUT2D eigenvalue weighted by Gasteiger charge is 1.97. The Kier molecular flexibility index (Phi) is 1.84. The van der Waals surface area contributed by atoms with Crippen molar-refractivity contribution in [3.05, 3.63) is 36.1 Å². The molecule has 0 amide bonds. The molecule has 2 aromatic rings. The van der Waals surface area contributed by atoms with Crippen molar-refractivity contribution in [2.24, 2.45) is 0 Å². The van der Waals surface area contributed by atoms with E-state index in [0.29, 0.717) is 6.61 Å². The number of ether oxygens (including phenoxy) is 1. The van der Waals surface area contributed by atoms with Gasteiger partial charge in [0.1, 0.15) is 5.58 Å². The number of methoxy groups -OCH3 is 1. The van der Waals surface area contributed by atoms with Gasteiger partial charge in [-0.15, -0.1) is 0 Å². The Morgan fingerprint density at radius 1 is 1.33 bits per heavy atom. The van der Waals surface area contributed by atoms with Crippen LogP contribution >= 0.6 is 0 Å². The summed E-state index contributed by atoms with van der Waals surface area (Å²) in [7, 11) is 1.69. The quantitative estimate of drug-likeness (QED) is 0.677. The van der Waals surface area contributed by atoms with E-state index in [1.165, 1.54) is 5.56 Å². The Bertz CT molecular complexity index is 376. The van der Waals surface area contributed by atoms with Gasteiger partial charge in [0.2, 0.25) is 0 Å². The lowest BCUT2D eigenvalue weighted by Crippen LogP contribution is -1.85. The van der Waals surface area contributed by atoms with Crippen LogP contribution in [-0.4, -0.2) is 7.11 Å². The molecular formula is C10H10O2. The molecule has 2 nitrogen and oxygen atoms in total. The van der Waals surface area contributed by atoms with Gasteiger partial charge in [-0.1, -0.05) is 6.07 Å². The highest BCUT2D eigenvalue weighted by Crippen LogP contribution is 2.17. The largest absolute Gasteiger partial charge is 0.464 e. The van der Waals surface area contributed by atoms with Crippen LogP contribution in [0.2, 0.25) is 0 Å². The van der Waals surface area contributed by atoms with Crippen molar-refractivity contribution in [1.29, 1.82) is 0 Å². The smallest absolute Gasteiger partial charge is 0.133 e.